The van der Waals surface area contributed by atoms with Crippen LogP contribution in [0.3, 0.4) is 0 Å². The molecule has 0 aliphatic rings. The van der Waals surface area contributed by atoms with Gasteiger partial charge >= 0.3 is 12.1 Å². The Morgan fingerprint density at radius 3 is 1.44 bits per heavy atom. The number of halogens is 3. The zero-order valence-electron chi connectivity index (χ0n) is 4.20. The first-order valence-electron chi connectivity index (χ1n) is 1.24. The van der Waals surface area contributed by atoms with Gasteiger partial charge in [-0.15, -0.1) is 0 Å². The van der Waals surface area contributed by atoms with E-state index in [1.54, 1.807) is 0 Å². The molecule has 9 heavy (non-hydrogen) atoms. The summed E-state index contributed by atoms with van der Waals surface area (Å²) < 4.78 is 31.7. The number of hydrogen-bond donors (Lipinski definition) is 1. The molecule has 0 amide bonds. The summed E-state index contributed by atoms with van der Waals surface area (Å²) in [5.41, 5.74) is 0. The van der Waals surface area contributed by atoms with E-state index >= 15 is 0 Å². The molecule has 3 nitrogen and oxygen atoms in total. The van der Waals surface area contributed by atoms with Gasteiger partial charge in [0.25, 0.3) is 0 Å². The Morgan fingerprint density at radius 1 is 1.33 bits per heavy atom. The van der Waals surface area contributed by atoms with Crippen LogP contribution in [0, 0.1) is 0 Å². The van der Waals surface area contributed by atoms with E-state index in [9.17, 15) is 13.2 Å². The molecule has 0 aliphatic carbocycles. The Balaban J connectivity index is -0.000000180. The average molecular weight is 197 g/mol. The molecule has 0 aliphatic heterocycles. The number of alkyl halides is 3. The maximum Gasteiger partial charge on any atom is 0.490 e. The zero-order chi connectivity index (χ0) is 6.08. The summed E-state index contributed by atoms with van der Waals surface area (Å²) in [7, 11) is 0. The van der Waals surface area contributed by atoms with Crippen LogP contribution in [0.4, 0.5) is 13.2 Å². The van der Waals surface area contributed by atoms with Crippen molar-refractivity contribution in [2.24, 2.45) is 0 Å². The van der Waals surface area contributed by atoms with Crippen LogP contribution in [-0.2, 0) is 24.3 Å². The van der Waals surface area contributed by atoms with Crippen LogP contribution < -0.4 is 0 Å². The molecular formula is C2H3F3O3Zn. The van der Waals surface area contributed by atoms with E-state index in [-0.39, 0.29) is 25.0 Å². The summed E-state index contributed by atoms with van der Waals surface area (Å²) in [6.07, 6.45) is -5.08. The number of carboxylic acid groups (broad SMARTS) is 1. The second-order valence-corrected chi connectivity index (χ2v) is 0.803. The van der Waals surface area contributed by atoms with Crippen molar-refractivity contribution >= 4 is 5.97 Å². The summed E-state index contributed by atoms with van der Waals surface area (Å²) >= 11 is 0. The van der Waals surface area contributed by atoms with Crippen molar-refractivity contribution < 1.29 is 48.0 Å². The quantitative estimate of drug-likeness (QED) is 0.547. The molecule has 3 N–H and O–H groups in total. The molecule has 0 aromatic heterocycles. The van der Waals surface area contributed by atoms with E-state index in [2.05, 4.69) is 0 Å². The SMILES string of the molecule is O.O=C(O)C(F)(F)F.[Zn]. The van der Waals surface area contributed by atoms with Crippen LogP contribution >= 0.6 is 0 Å². The molecule has 0 heterocycles. The number of carboxylic acids is 1. The number of carbonyl (C=O) groups is 1. The van der Waals surface area contributed by atoms with Crippen molar-refractivity contribution in [3.8, 4) is 0 Å². The van der Waals surface area contributed by atoms with Crippen molar-refractivity contribution in [2.45, 2.75) is 6.18 Å². The second kappa shape index (κ2) is 4.70. The third kappa shape index (κ3) is 7.84. The van der Waals surface area contributed by atoms with Gasteiger partial charge in [0, 0.05) is 19.5 Å². The Morgan fingerprint density at radius 2 is 1.44 bits per heavy atom. The van der Waals surface area contributed by atoms with Gasteiger partial charge in [-0.2, -0.15) is 13.2 Å². The van der Waals surface area contributed by atoms with Gasteiger partial charge in [0.15, 0.2) is 0 Å². The van der Waals surface area contributed by atoms with Crippen LogP contribution in [0.5, 0.6) is 0 Å². The first-order chi connectivity index (χ1) is 2.94. The van der Waals surface area contributed by atoms with E-state index in [1.807, 2.05) is 0 Å². The molecule has 0 saturated heterocycles. The van der Waals surface area contributed by atoms with Gasteiger partial charge in [-0.05, 0) is 0 Å². The third-order valence-electron chi connectivity index (χ3n) is 0.243. The Kier molecular flexibility index (Phi) is 8.31. The fourth-order valence-electron chi connectivity index (χ4n) is 0. The largest absolute Gasteiger partial charge is 0.490 e. The molecule has 0 spiro atoms. The fourth-order valence-corrected chi connectivity index (χ4v) is 0. The second-order valence-electron chi connectivity index (χ2n) is 0.803. The molecule has 0 radical (unpaired) electrons. The monoisotopic (exact) mass is 196 g/mol. The normalized spacial score (nSPS) is 8.78. The van der Waals surface area contributed by atoms with E-state index in [0.29, 0.717) is 0 Å². The van der Waals surface area contributed by atoms with Gasteiger partial charge in [0.1, 0.15) is 0 Å². The minimum absolute atomic E-state index is 0. The standard InChI is InChI=1S/C2HF3O2.H2O.Zn/c3-2(4,5)1(6)7;;/h(H,6,7);1H2;. The molecule has 52 valence electrons. The molecule has 7 heteroatoms. The molecule has 0 rings (SSSR count). The first kappa shape index (κ1) is 15.9. The molecule has 0 bridgehead atoms. The maximum atomic E-state index is 10.6. The Bertz CT molecular complexity index is 89.5. The van der Waals surface area contributed by atoms with E-state index in [1.165, 1.54) is 0 Å². The Hall–Kier alpha value is -0.157. The van der Waals surface area contributed by atoms with E-state index < -0.39 is 12.1 Å². The molecule has 0 unspecified atom stereocenters. The van der Waals surface area contributed by atoms with Crippen LogP contribution in [0.25, 0.3) is 0 Å². The van der Waals surface area contributed by atoms with Crippen molar-refractivity contribution in [2.75, 3.05) is 0 Å². The van der Waals surface area contributed by atoms with Gasteiger partial charge < -0.3 is 10.6 Å². The van der Waals surface area contributed by atoms with Gasteiger partial charge in [-0.3, -0.25) is 0 Å². The number of hydrogen-bond acceptors (Lipinski definition) is 1. The van der Waals surface area contributed by atoms with Crippen LogP contribution in [0.15, 0.2) is 0 Å². The minimum Gasteiger partial charge on any atom is -0.475 e. The molecular weight excluding hydrogens is 194 g/mol. The number of rotatable bonds is 0. The van der Waals surface area contributed by atoms with E-state index in [0.717, 1.165) is 0 Å². The molecule has 0 atom stereocenters. The fraction of sp³-hybridized carbons (Fsp3) is 0.500. The predicted molar refractivity (Wildman–Crippen MR) is 17.3 cm³/mol. The summed E-state index contributed by atoms with van der Waals surface area (Å²) in [6, 6.07) is 0. The maximum absolute atomic E-state index is 10.6. The van der Waals surface area contributed by atoms with Crippen molar-refractivity contribution in [3.05, 3.63) is 0 Å². The zero-order valence-corrected chi connectivity index (χ0v) is 7.16. The smallest absolute Gasteiger partial charge is 0.475 e. The van der Waals surface area contributed by atoms with Crippen molar-refractivity contribution in [1.29, 1.82) is 0 Å². The molecule has 0 saturated carbocycles. The predicted octanol–water partition coefficient (Wildman–Crippen LogP) is -0.194. The molecule has 0 aromatic rings. The Labute approximate surface area is 60.9 Å². The van der Waals surface area contributed by atoms with Crippen molar-refractivity contribution in [1.82, 2.24) is 0 Å². The average Bonchev–Trinajstić information content (AvgIpc) is 1.31. The summed E-state index contributed by atoms with van der Waals surface area (Å²) in [4.78, 5) is 8.90. The van der Waals surface area contributed by atoms with E-state index in [4.69, 9.17) is 9.90 Å². The van der Waals surface area contributed by atoms with Gasteiger partial charge in [0.2, 0.25) is 0 Å². The van der Waals surface area contributed by atoms with Crippen molar-refractivity contribution in [3.63, 3.8) is 0 Å². The van der Waals surface area contributed by atoms with Crippen LogP contribution in [-0.4, -0.2) is 22.7 Å². The summed E-state index contributed by atoms with van der Waals surface area (Å²) in [5.74, 6) is -2.76. The van der Waals surface area contributed by atoms with Crippen LogP contribution in [0.2, 0.25) is 0 Å². The van der Waals surface area contributed by atoms with Gasteiger partial charge in [-0.25, -0.2) is 4.79 Å². The van der Waals surface area contributed by atoms with Gasteiger partial charge in [0.05, 0.1) is 0 Å². The van der Waals surface area contributed by atoms with Crippen LogP contribution in [0.1, 0.15) is 0 Å². The number of aliphatic carboxylic acids is 1. The first-order valence-corrected chi connectivity index (χ1v) is 1.24. The molecule has 0 fully saturated rings. The topological polar surface area (TPSA) is 68.8 Å². The third-order valence-corrected chi connectivity index (χ3v) is 0.243. The molecule has 0 aromatic carbocycles. The summed E-state index contributed by atoms with van der Waals surface area (Å²) in [6.45, 7) is 0. The summed E-state index contributed by atoms with van der Waals surface area (Å²) in [5, 5.41) is 7.12. The van der Waals surface area contributed by atoms with Gasteiger partial charge in [-0.1, -0.05) is 0 Å². The minimum atomic E-state index is -5.08.